The maximum absolute atomic E-state index is 12.5. The van der Waals surface area contributed by atoms with Gasteiger partial charge in [-0.15, -0.1) is 0 Å². The Kier molecular flexibility index (Phi) is 6.38. The predicted molar refractivity (Wildman–Crippen MR) is 96.6 cm³/mol. The molecule has 1 aromatic heterocycles. The van der Waals surface area contributed by atoms with Gasteiger partial charge >= 0.3 is 0 Å². The summed E-state index contributed by atoms with van der Waals surface area (Å²) in [6.45, 7) is 3.11. The molecule has 3 rings (SSSR count). The summed E-state index contributed by atoms with van der Waals surface area (Å²) < 4.78 is 4.89. The molecule has 1 aromatic rings. The number of carbonyl (C=O) groups excluding carboxylic acids is 2. The summed E-state index contributed by atoms with van der Waals surface area (Å²) >= 11 is 0. The number of aromatic nitrogens is 2. The average molecular weight is 361 g/mol. The van der Waals surface area contributed by atoms with Gasteiger partial charge in [0.15, 0.2) is 0 Å². The van der Waals surface area contributed by atoms with Gasteiger partial charge in [-0.1, -0.05) is 0 Å². The van der Waals surface area contributed by atoms with Crippen LogP contribution in [0.3, 0.4) is 0 Å². The number of nitrogens with one attached hydrogen (secondary N) is 1. The maximum atomic E-state index is 12.5. The smallest absolute Gasteiger partial charge is 0.248 e. The summed E-state index contributed by atoms with van der Waals surface area (Å²) in [7, 11) is 1.52. The first-order chi connectivity index (χ1) is 12.7. The number of hydrogen-bond acceptors (Lipinski definition) is 6. The molecule has 8 nitrogen and oxygen atoms in total. The van der Waals surface area contributed by atoms with Crippen LogP contribution in [0.4, 0.5) is 5.82 Å². The van der Waals surface area contributed by atoms with Crippen LogP contribution in [0.2, 0.25) is 0 Å². The molecular weight excluding hydrogens is 334 g/mol. The third-order valence-corrected chi connectivity index (χ3v) is 5.20. The van der Waals surface area contributed by atoms with E-state index in [2.05, 4.69) is 20.2 Å². The van der Waals surface area contributed by atoms with E-state index in [1.54, 1.807) is 23.5 Å². The largest absolute Gasteiger partial charge is 0.375 e. The highest BCUT2D eigenvalue weighted by Gasteiger charge is 2.29. The molecule has 0 bridgehead atoms. The van der Waals surface area contributed by atoms with E-state index in [0.717, 1.165) is 44.6 Å². The van der Waals surface area contributed by atoms with E-state index < -0.39 is 0 Å². The minimum atomic E-state index is -0.000357. The number of carbonyl (C=O) groups is 2. The topological polar surface area (TPSA) is 87.7 Å². The molecule has 0 unspecified atom stereocenters. The molecule has 0 aromatic carbocycles. The highest BCUT2D eigenvalue weighted by atomic mass is 16.5. The normalized spacial score (nSPS) is 19.4. The molecule has 0 radical (unpaired) electrons. The monoisotopic (exact) mass is 361 g/mol. The van der Waals surface area contributed by atoms with Crippen LogP contribution >= 0.6 is 0 Å². The lowest BCUT2D eigenvalue weighted by Crippen LogP contribution is -2.49. The Balaban J connectivity index is 1.40. The van der Waals surface area contributed by atoms with Crippen LogP contribution in [0.15, 0.2) is 18.6 Å². The molecule has 26 heavy (non-hydrogen) atoms. The first-order valence-corrected chi connectivity index (χ1v) is 9.25. The van der Waals surface area contributed by atoms with Gasteiger partial charge in [0.1, 0.15) is 12.4 Å². The molecule has 0 aliphatic carbocycles. The summed E-state index contributed by atoms with van der Waals surface area (Å²) in [5, 5.41) is 3.20. The molecule has 8 heteroatoms. The van der Waals surface area contributed by atoms with E-state index in [-0.39, 0.29) is 30.4 Å². The van der Waals surface area contributed by atoms with Crippen molar-refractivity contribution in [3.8, 4) is 0 Å². The second-order valence-electron chi connectivity index (χ2n) is 6.92. The van der Waals surface area contributed by atoms with Gasteiger partial charge in [0.25, 0.3) is 0 Å². The van der Waals surface area contributed by atoms with Crippen LogP contribution in [-0.2, 0) is 14.3 Å². The summed E-state index contributed by atoms with van der Waals surface area (Å²) in [4.78, 5) is 36.8. The Labute approximate surface area is 153 Å². The van der Waals surface area contributed by atoms with Gasteiger partial charge < -0.3 is 19.9 Å². The number of piperidine rings is 2. The Bertz CT molecular complexity index is 596. The fraction of sp³-hybridized carbons (Fsp3) is 0.667. The van der Waals surface area contributed by atoms with Crippen molar-refractivity contribution in [2.24, 2.45) is 5.92 Å². The molecule has 2 saturated heterocycles. The fourth-order valence-corrected chi connectivity index (χ4v) is 3.63. The molecule has 1 N–H and O–H groups in total. The van der Waals surface area contributed by atoms with E-state index in [1.165, 1.54) is 7.11 Å². The SMILES string of the molecule is COCC(=O)N1CCC(C(=O)NC2CCN(c3cnccn3)CC2)CC1. The van der Waals surface area contributed by atoms with Crippen LogP contribution in [0.25, 0.3) is 0 Å². The van der Waals surface area contributed by atoms with Gasteiger partial charge in [0.2, 0.25) is 11.8 Å². The van der Waals surface area contributed by atoms with Crippen LogP contribution in [0, 0.1) is 5.92 Å². The lowest BCUT2D eigenvalue weighted by Gasteiger charge is -2.35. The van der Waals surface area contributed by atoms with E-state index >= 15 is 0 Å². The van der Waals surface area contributed by atoms with Crippen LogP contribution in [0.5, 0.6) is 0 Å². The Morgan fingerprint density at radius 2 is 1.88 bits per heavy atom. The third kappa shape index (κ3) is 4.69. The number of ether oxygens (including phenoxy) is 1. The van der Waals surface area contributed by atoms with Gasteiger partial charge in [0.05, 0.1) is 6.20 Å². The van der Waals surface area contributed by atoms with Gasteiger partial charge in [0, 0.05) is 57.6 Å². The number of nitrogens with zero attached hydrogens (tertiary/aromatic N) is 4. The van der Waals surface area contributed by atoms with Crippen molar-refractivity contribution in [2.45, 2.75) is 31.7 Å². The van der Waals surface area contributed by atoms with Crippen LogP contribution in [-0.4, -0.2) is 72.6 Å². The van der Waals surface area contributed by atoms with Crippen molar-refractivity contribution < 1.29 is 14.3 Å². The van der Waals surface area contributed by atoms with E-state index in [4.69, 9.17) is 4.74 Å². The van der Waals surface area contributed by atoms with Gasteiger partial charge in [-0.05, 0) is 25.7 Å². The standard InChI is InChI=1S/C18H27N5O3/c1-26-13-17(24)23-8-2-14(3-9-23)18(25)21-15-4-10-22(11-5-15)16-12-19-6-7-20-16/h6-7,12,14-15H,2-5,8-11,13H2,1H3,(H,21,25). The predicted octanol–water partition coefficient (Wildman–Crippen LogP) is 0.447. The number of hydrogen-bond donors (Lipinski definition) is 1. The lowest BCUT2D eigenvalue weighted by atomic mass is 9.94. The number of methoxy groups -OCH3 is 1. The summed E-state index contributed by atoms with van der Waals surface area (Å²) in [6.07, 6.45) is 8.41. The number of rotatable bonds is 5. The van der Waals surface area contributed by atoms with Crippen LogP contribution in [0.1, 0.15) is 25.7 Å². The van der Waals surface area contributed by atoms with E-state index in [1.807, 2.05) is 0 Å². The highest BCUT2D eigenvalue weighted by molar-refractivity contribution is 5.80. The zero-order valence-electron chi connectivity index (χ0n) is 15.3. The van der Waals surface area contributed by atoms with Gasteiger partial charge in [-0.2, -0.15) is 0 Å². The van der Waals surface area contributed by atoms with E-state index in [0.29, 0.717) is 13.1 Å². The summed E-state index contributed by atoms with van der Waals surface area (Å²) in [6, 6.07) is 0.212. The molecule has 3 heterocycles. The highest BCUT2D eigenvalue weighted by Crippen LogP contribution is 2.20. The molecule has 0 spiro atoms. The summed E-state index contributed by atoms with van der Waals surface area (Å²) in [5.74, 6) is 1.02. The van der Waals surface area contributed by atoms with Crippen LogP contribution < -0.4 is 10.2 Å². The van der Waals surface area contributed by atoms with Crippen molar-refractivity contribution in [3.05, 3.63) is 18.6 Å². The molecule has 2 aliphatic rings. The quantitative estimate of drug-likeness (QED) is 0.819. The molecule has 2 fully saturated rings. The zero-order valence-corrected chi connectivity index (χ0v) is 15.3. The Morgan fingerprint density at radius 1 is 1.15 bits per heavy atom. The second-order valence-corrected chi connectivity index (χ2v) is 6.92. The first-order valence-electron chi connectivity index (χ1n) is 9.25. The zero-order chi connectivity index (χ0) is 18.4. The lowest BCUT2D eigenvalue weighted by molar-refractivity contribution is -0.138. The first kappa shape index (κ1) is 18.6. The van der Waals surface area contributed by atoms with Gasteiger partial charge in [-0.25, -0.2) is 4.98 Å². The van der Waals surface area contributed by atoms with Crippen molar-refractivity contribution in [2.75, 3.05) is 44.8 Å². The Morgan fingerprint density at radius 3 is 2.50 bits per heavy atom. The van der Waals surface area contributed by atoms with Crippen molar-refractivity contribution in [1.29, 1.82) is 0 Å². The van der Waals surface area contributed by atoms with Crippen molar-refractivity contribution in [3.63, 3.8) is 0 Å². The molecule has 2 aliphatic heterocycles. The molecular formula is C18H27N5O3. The molecule has 0 saturated carbocycles. The average Bonchev–Trinajstić information content (AvgIpc) is 2.69. The fourth-order valence-electron chi connectivity index (χ4n) is 3.63. The summed E-state index contributed by atoms with van der Waals surface area (Å²) in [5.41, 5.74) is 0. The number of amides is 2. The number of likely N-dealkylation sites (tertiary alicyclic amines) is 1. The molecule has 0 atom stereocenters. The Hall–Kier alpha value is -2.22. The van der Waals surface area contributed by atoms with Crippen molar-refractivity contribution >= 4 is 17.6 Å². The van der Waals surface area contributed by atoms with Gasteiger partial charge in [-0.3, -0.25) is 14.6 Å². The van der Waals surface area contributed by atoms with Crippen molar-refractivity contribution in [1.82, 2.24) is 20.2 Å². The number of anilines is 1. The van der Waals surface area contributed by atoms with E-state index in [9.17, 15) is 9.59 Å². The maximum Gasteiger partial charge on any atom is 0.248 e. The molecule has 142 valence electrons. The third-order valence-electron chi connectivity index (χ3n) is 5.20. The second kappa shape index (κ2) is 8.93. The minimum absolute atomic E-state index is 0.000357. The molecule has 2 amide bonds. The minimum Gasteiger partial charge on any atom is -0.375 e.